The van der Waals surface area contributed by atoms with E-state index in [2.05, 4.69) is 44.1 Å². The molecule has 96 valence electrons. The molecule has 0 aliphatic carbocycles. The smallest absolute Gasteiger partial charge is 0.0647 e. The maximum Gasteiger partial charge on any atom is 0.0647 e. The van der Waals surface area contributed by atoms with E-state index in [1.165, 1.54) is 16.7 Å². The highest BCUT2D eigenvalue weighted by molar-refractivity contribution is 5.42. The minimum absolute atomic E-state index is 0.0985. The van der Waals surface area contributed by atoms with E-state index in [0.29, 0.717) is 0 Å². The van der Waals surface area contributed by atoms with Crippen LogP contribution < -0.4 is 5.73 Å². The number of nitrogens with two attached hydrogens (primary N) is 1. The number of hydrogen-bond donors (Lipinski definition) is 1. The Balaban J connectivity index is 2.54. The molecule has 2 aromatic rings. The van der Waals surface area contributed by atoms with Crippen molar-refractivity contribution < 1.29 is 0 Å². The second kappa shape index (κ2) is 4.58. The average Bonchev–Trinajstić information content (AvgIpc) is 2.56. The first-order chi connectivity index (χ1) is 8.43. The fourth-order valence-corrected chi connectivity index (χ4v) is 2.51. The molecule has 0 spiro atoms. The van der Waals surface area contributed by atoms with Crippen molar-refractivity contribution in [2.75, 3.05) is 0 Å². The van der Waals surface area contributed by atoms with Gasteiger partial charge in [-0.1, -0.05) is 18.2 Å². The maximum absolute atomic E-state index is 6.45. The first-order valence-electron chi connectivity index (χ1n) is 6.25. The number of nitrogens with zero attached hydrogens (tertiary/aromatic N) is 2. The van der Waals surface area contributed by atoms with Crippen LogP contribution in [0.4, 0.5) is 0 Å². The van der Waals surface area contributed by atoms with Gasteiger partial charge in [-0.25, -0.2) is 0 Å². The lowest BCUT2D eigenvalue weighted by Crippen LogP contribution is -2.15. The lowest BCUT2D eigenvalue weighted by molar-refractivity contribution is 0.728. The highest BCUT2D eigenvalue weighted by Gasteiger charge is 2.19. The summed E-state index contributed by atoms with van der Waals surface area (Å²) in [6.07, 6.45) is 0. The summed E-state index contributed by atoms with van der Waals surface area (Å²) in [6.45, 7) is 8.34. The highest BCUT2D eigenvalue weighted by atomic mass is 15.3. The Morgan fingerprint density at radius 1 is 1.17 bits per heavy atom. The van der Waals surface area contributed by atoms with Crippen molar-refractivity contribution in [3.63, 3.8) is 0 Å². The number of aromatic nitrogens is 2. The Labute approximate surface area is 109 Å². The standard InChI is InChI=1S/C15H21N3/c1-9-7-6-8-13(10(9)2)15(16)14-11(3)17-18(5)12(14)4/h6-8,15H,16H2,1-5H3. The third-order valence-electron chi connectivity index (χ3n) is 3.86. The monoisotopic (exact) mass is 243 g/mol. The Bertz CT molecular complexity index is 582. The lowest BCUT2D eigenvalue weighted by atomic mass is 9.92. The van der Waals surface area contributed by atoms with Crippen LogP contribution in [0.1, 0.15) is 39.7 Å². The van der Waals surface area contributed by atoms with Crippen LogP contribution in [0.2, 0.25) is 0 Å². The van der Waals surface area contributed by atoms with E-state index in [0.717, 1.165) is 17.0 Å². The summed E-state index contributed by atoms with van der Waals surface area (Å²) in [6, 6.07) is 6.20. The molecule has 0 saturated heterocycles. The van der Waals surface area contributed by atoms with E-state index in [-0.39, 0.29) is 6.04 Å². The molecular formula is C15H21N3. The van der Waals surface area contributed by atoms with Crippen LogP contribution in [0.15, 0.2) is 18.2 Å². The second-order valence-corrected chi connectivity index (χ2v) is 4.97. The molecule has 0 aliphatic heterocycles. The molecule has 0 aliphatic rings. The van der Waals surface area contributed by atoms with Gasteiger partial charge in [0.25, 0.3) is 0 Å². The van der Waals surface area contributed by atoms with Gasteiger partial charge >= 0.3 is 0 Å². The number of benzene rings is 1. The van der Waals surface area contributed by atoms with Gasteiger partial charge in [-0.2, -0.15) is 5.10 Å². The quantitative estimate of drug-likeness (QED) is 0.881. The molecule has 0 fully saturated rings. The predicted molar refractivity (Wildman–Crippen MR) is 74.6 cm³/mol. The van der Waals surface area contributed by atoms with Crippen LogP contribution in [0.25, 0.3) is 0 Å². The van der Waals surface area contributed by atoms with Gasteiger partial charge in [0.2, 0.25) is 0 Å². The first-order valence-corrected chi connectivity index (χ1v) is 6.25. The summed E-state index contributed by atoms with van der Waals surface area (Å²) < 4.78 is 1.90. The minimum atomic E-state index is -0.0985. The van der Waals surface area contributed by atoms with Crippen molar-refractivity contribution >= 4 is 0 Å². The van der Waals surface area contributed by atoms with Crippen molar-refractivity contribution in [1.29, 1.82) is 0 Å². The second-order valence-electron chi connectivity index (χ2n) is 4.97. The Morgan fingerprint density at radius 2 is 1.83 bits per heavy atom. The largest absolute Gasteiger partial charge is 0.320 e. The summed E-state index contributed by atoms with van der Waals surface area (Å²) in [5.41, 5.74) is 13.5. The molecule has 3 nitrogen and oxygen atoms in total. The molecule has 1 atom stereocenters. The van der Waals surface area contributed by atoms with Gasteiger partial charge in [-0.3, -0.25) is 4.68 Å². The summed E-state index contributed by atoms with van der Waals surface area (Å²) in [5.74, 6) is 0. The summed E-state index contributed by atoms with van der Waals surface area (Å²) in [7, 11) is 1.96. The third-order valence-corrected chi connectivity index (χ3v) is 3.86. The van der Waals surface area contributed by atoms with E-state index < -0.39 is 0 Å². The summed E-state index contributed by atoms with van der Waals surface area (Å²) in [5, 5.41) is 4.45. The van der Waals surface area contributed by atoms with Gasteiger partial charge in [-0.15, -0.1) is 0 Å². The predicted octanol–water partition coefficient (Wildman–Crippen LogP) is 2.70. The van der Waals surface area contributed by atoms with Crippen molar-refractivity contribution in [3.05, 3.63) is 51.8 Å². The molecule has 0 amide bonds. The van der Waals surface area contributed by atoms with Gasteiger partial charge < -0.3 is 5.73 Å². The van der Waals surface area contributed by atoms with Gasteiger partial charge in [0.05, 0.1) is 11.7 Å². The molecule has 1 aromatic carbocycles. The van der Waals surface area contributed by atoms with E-state index in [4.69, 9.17) is 5.73 Å². The number of hydrogen-bond acceptors (Lipinski definition) is 2. The molecule has 18 heavy (non-hydrogen) atoms. The van der Waals surface area contributed by atoms with Crippen LogP contribution >= 0.6 is 0 Å². The molecule has 3 heteroatoms. The molecule has 1 unspecified atom stereocenters. The molecule has 0 bridgehead atoms. The zero-order valence-electron chi connectivity index (χ0n) is 11.8. The Hall–Kier alpha value is -1.61. The average molecular weight is 243 g/mol. The van der Waals surface area contributed by atoms with Crippen LogP contribution in [0.3, 0.4) is 0 Å². The van der Waals surface area contributed by atoms with E-state index >= 15 is 0 Å². The topological polar surface area (TPSA) is 43.8 Å². The van der Waals surface area contributed by atoms with Crippen molar-refractivity contribution in [2.45, 2.75) is 33.7 Å². The lowest BCUT2D eigenvalue weighted by Gasteiger charge is -2.17. The van der Waals surface area contributed by atoms with Gasteiger partial charge in [-0.05, 0) is 44.4 Å². The molecular weight excluding hydrogens is 222 g/mol. The van der Waals surface area contributed by atoms with Crippen LogP contribution in [-0.2, 0) is 7.05 Å². The summed E-state index contributed by atoms with van der Waals surface area (Å²) >= 11 is 0. The highest BCUT2D eigenvalue weighted by Crippen LogP contribution is 2.28. The normalized spacial score (nSPS) is 12.8. The third kappa shape index (κ3) is 1.95. The Kier molecular flexibility index (Phi) is 3.26. The number of aryl methyl sites for hydroxylation is 3. The van der Waals surface area contributed by atoms with Crippen LogP contribution in [-0.4, -0.2) is 9.78 Å². The fourth-order valence-electron chi connectivity index (χ4n) is 2.51. The fraction of sp³-hybridized carbons (Fsp3) is 0.400. The van der Waals surface area contributed by atoms with E-state index in [9.17, 15) is 0 Å². The SMILES string of the molecule is Cc1cccc(C(N)c2c(C)nn(C)c2C)c1C. The van der Waals surface area contributed by atoms with Gasteiger partial charge in [0, 0.05) is 18.3 Å². The molecule has 1 heterocycles. The van der Waals surface area contributed by atoms with Crippen molar-refractivity contribution in [2.24, 2.45) is 12.8 Å². The Morgan fingerprint density at radius 3 is 2.39 bits per heavy atom. The molecule has 2 N–H and O–H groups in total. The first kappa shape index (κ1) is 12.8. The zero-order chi connectivity index (χ0) is 13.4. The van der Waals surface area contributed by atoms with Crippen molar-refractivity contribution in [1.82, 2.24) is 9.78 Å². The number of rotatable bonds is 2. The van der Waals surface area contributed by atoms with Gasteiger partial charge in [0.1, 0.15) is 0 Å². The molecule has 0 radical (unpaired) electrons. The van der Waals surface area contributed by atoms with E-state index in [1.807, 2.05) is 18.7 Å². The molecule has 0 saturated carbocycles. The minimum Gasteiger partial charge on any atom is -0.320 e. The van der Waals surface area contributed by atoms with Crippen molar-refractivity contribution in [3.8, 4) is 0 Å². The van der Waals surface area contributed by atoms with E-state index in [1.54, 1.807) is 0 Å². The maximum atomic E-state index is 6.45. The molecule has 1 aromatic heterocycles. The summed E-state index contributed by atoms with van der Waals surface area (Å²) in [4.78, 5) is 0. The zero-order valence-corrected chi connectivity index (χ0v) is 11.8. The van der Waals surface area contributed by atoms with Crippen LogP contribution in [0.5, 0.6) is 0 Å². The van der Waals surface area contributed by atoms with Gasteiger partial charge in [0.15, 0.2) is 0 Å². The van der Waals surface area contributed by atoms with Crippen LogP contribution in [0, 0.1) is 27.7 Å². The molecule has 2 rings (SSSR count).